The average molecular weight is 503 g/mol. The Morgan fingerprint density at radius 1 is 0.447 bits per heavy atom. The molecule has 0 spiro atoms. The van der Waals surface area contributed by atoms with E-state index in [1.165, 1.54) is 18.2 Å². The van der Waals surface area contributed by atoms with Gasteiger partial charge >= 0.3 is 0 Å². The Bertz CT molecular complexity index is 1700. The third-order valence-electron chi connectivity index (χ3n) is 6.68. The van der Waals surface area contributed by atoms with E-state index in [0.717, 1.165) is 33.4 Å². The van der Waals surface area contributed by atoms with Gasteiger partial charge in [0.05, 0.1) is 0 Å². The molecule has 0 atom stereocenters. The SMILES string of the molecule is Cc1ccc(-c2ccc(-c3ccc(-c4ccc(C#Cc5cc(F)c(C)cc5C)cc4)cc3F)c(F)c2)cc1. The van der Waals surface area contributed by atoms with Gasteiger partial charge in [-0.1, -0.05) is 84.1 Å². The van der Waals surface area contributed by atoms with Crippen LogP contribution in [0.4, 0.5) is 13.2 Å². The first-order valence-electron chi connectivity index (χ1n) is 12.3. The van der Waals surface area contributed by atoms with E-state index >= 15 is 8.78 Å². The fourth-order valence-corrected chi connectivity index (χ4v) is 4.42. The van der Waals surface area contributed by atoms with Crippen molar-refractivity contribution in [3.05, 3.63) is 142 Å². The van der Waals surface area contributed by atoms with Gasteiger partial charge in [-0.2, -0.15) is 0 Å². The second-order valence-corrected chi connectivity index (χ2v) is 9.50. The molecule has 5 aromatic rings. The second-order valence-electron chi connectivity index (χ2n) is 9.50. The van der Waals surface area contributed by atoms with Gasteiger partial charge in [-0.3, -0.25) is 0 Å². The van der Waals surface area contributed by atoms with Crippen LogP contribution in [0.25, 0.3) is 33.4 Å². The Balaban J connectivity index is 1.37. The molecule has 5 rings (SSSR count). The van der Waals surface area contributed by atoms with Crippen LogP contribution in [-0.4, -0.2) is 0 Å². The molecule has 0 aliphatic heterocycles. The van der Waals surface area contributed by atoms with Crippen molar-refractivity contribution in [2.24, 2.45) is 0 Å². The van der Waals surface area contributed by atoms with Crippen LogP contribution in [0.5, 0.6) is 0 Å². The largest absolute Gasteiger partial charge is 0.207 e. The third-order valence-corrected chi connectivity index (χ3v) is 6.68. The number of benzene rings is 5. The van der Waals surface area contributed by atoms with Crippen molar-refractivity contribution < 1.29 is 13.2 Å². The second kappa shape index (κ2) is 10.4. The Morgan fingerprint density at radius 2 is 0.947 bits per heavy atom. The quantitative estimate of drug-likeness (QED) is 0.216. The van der Waals surface area contributed by atoms with E-state index in [4.69, 9.17) is 0 Å². The van der Waals surface area contributed by atoms with Gasteiger partial charge in [-0.05, 0) is 84.5 Å². The van der Waals surface area contributed by atoms with Gasteiger partial charge in [0.2, 0.25) is 0 Å². The maximum Gasteiger partial charge on any atom is 0.131 e. The lowest BCUT2D eigenvalue weighted by atomic mass is 9.96. The standard InChI is InChI=1S/C35H25F3/c1-22-4-9-26(10-5-22)29-14-16-31(34(37)20-29)32-17-15-30(21-35(32)38)27-11-6-25(7-12-27)8-13-28-19-33(36)24(3)18-23(28)2/h4-7,9-12,14-21H,1-3H3. The number of rotatable bonds is 3. The fraction of sp³-hybridized carbons (Fsp3) is 0.0857. The smallest absolute Gasteiger partial charge is 0.131 e. The highest BCUT2D eigenvalue weighted by molar-refractivity contribution is 5.74. The van der Waals surface area contributed by atoms with Gasteiger partial charge in [0.1, 0.15) is 17.5 Å². The molecule has 0 radical (unpaired) electrons. The van der Waals surface area contributed by atoms with Crippen LogP contribution < -0.4 is 0 Å². The van der Waals surface area contributed by atoms with Gasteiger partial charge in [0.25, 0.3) is 0 Å². The molecule has 0 unspecified atom stereocenters. The van der Waals surface area contributed by atoms with Gasteiger partial charge in [0, 0.05) is 22.3 Å². The predicted molar refractivity (Wildman–Crippen MR) is 149 cm³/mol. The van der Waals surface area contributed by atoms with Crippen LogP contribution >= 0.6 is 0 Å². The molecule has 0 fully saturated rings. The molecule has 0 aliphatic rings. The molecular weight excluding hydrogens is 477 g/mol. The first-order chi connectivity index (χ1) is 18.3. The molecule has 0 saturated heterocycles. The molecular formula is C35H25F3. The van der Waals surface area contributed by atoms with E-state index in [9.17, 15) is 4.39 Å². The zero-order chi connectivity index (χ0) is 26.8. The minimum atomic E-state index is -0.495. The summed E-state index contributed by atoms with van der Waals surface area (Å²) >= 11 is 0. The molecule has 5 aromatic carbocycles. The molecule has 0 bridgehead atoms. The number of aryl methyl sites for hydroxylation is 3. The van der Waals surface area contributed by atoms with Crippen molar-refractivity contribution in [3.8, 4) is 45.2 Å². The van der Waals surface area contributed by atoms with E-state index < -0.39 is 11.6 Å². The molecule has 186 valence electrons. The summed E-state index contributed by atoms with van der Waals surface area (Å²) in [5.41, 5.74) is 7.64. The maximum absolute atomic E-state index is 15.1. The molecule has 0 aromatic heterocycles. The predicted octanol–water partition coefficient (Wildman–Crippen LogP) is 9.43. The van der Waals surface area contributed by atoms with Crippen molar-refractivity contribution in [2.75, 3.05) is 0 Å². The van der Waals surface area contributed by atoms with Gasteiger partial charge in [-0.15, -0.1) is 0 Å². The normalized spacial score (nSPS) is 10.7. The Kier molecular flexibility index (Phi) is 6.90. The zero-order valence-corrected chi connectivity index (χ0v) is 21.4. The van der Waals surface area contributed by atoms with Crippen molar-refractivity contribution >= 4 is 0 Å². The topological polar surface area (TPSA) is 0 Å². The van der Waals surface area contributed by atoms with Crippen molar-refractivity contribution in [1.29, 1.82) is 0 Å². The highest BCUT2D eigenvalue weighted by Gasteiger charge is 2.13. The van der Waals surface area contributed by atoms with Crippen LogP contribution in [0.2, 0.25) is 0 Å². The summed E-state index contributed by atoms with van der Waals surface area (Å²) in [6.07, 6.45) is 0. The average Bonchev–Trinajstić information content (AvgIpc) is 2.91. The lowest BCUT2D eigenvalue weighted by Crippen LogP contribution is -1.91. The fourth-order valence-electron chi connectivity index (χ4n) is 4.42. The minimum Gasteiger partial charge on any atom is -0.207 e. The molecule has 0 heterocycles. The highest BCUT2D eigenvalue weighted by atomic mass is 19.1. The molecule has 0 amide bonds. The van der Waals surface area contributed by atoms with E-state index in [1.54, 1.807) is 31.2 Å². The van der Waals surface area contributed by atoms with Crippen molar-refractivity contribution in [3.63, 3.8) is 0 Å². The van der Waals surface area contributed by atoms with Crippen molar-refractivity contribution in [1.82, 2.24) is 0 Å². The van der Waals surface area contributed by atoms with Crippen LogP contribution in [0, 0.1) is 50.1 Å². The molecule has 38 heavy (non-hydrogen) atoms. The maximum atomic E-state index is 15.1. The van der Waals surface area contributed by atoms with Crippen molar-refractivity contribution in [2.45, 2.75) is 20.8 Å². The summed E-state index contributed by atoms with van der Waals surface area (Å²) in [6, 6.07) is 28.2. The Hall–Kier alpha value is -4.55. The van der Waals surface area contributed by atoms with Crippen LogP contribution in [-0.2, 0) is 0 Å². The number of halogens is 3. The first kappa shape index (κ1) is 25.1. The number of hydrogen-bond donors (Lipinski definition) is 0. The van der Waals surface area contributed by atoms with Gasteiger partial charge in [0.15, 0.2) is 0 Å². The zero-order valence-electron chi connectivity index (χ0n) is 21.4. The summed E-state index contributed by atoms with van der Waals surface area (Å²) in [6.45, 7) is 5.63. The number of hydrogen-bond acceptors (Lipinski definition) is 0. The van der Waals surface area contributed by atoms with Crippen LogP contribution in [0.1, 0.15) is 27.8 Å². The van der Waals surface area contributed by atoms with E-state index in [-0.39, 0.29) is 16.9 Å². The van der Waals surface area contributed by atoms with Gasteiger partial charge < -0.3 is 0 Å². The van der Waals surface area contributed by atoms with Crippen LogP contribution in [0.15, 0.2) is 97.1 Å². The van der Waals surface area contributed by atoms with Crippen LogP contribution in [0.3, 0.4) is 0 Å². The monoisotopic (exact) mass is 502 g/mol. The highest BCUT2D eigenvalue weighted by Crippen LogP contribution is 2.32. The van der Waals surface area contributed by atoms with E-state index in [1.807, 2.05) is 68.4 Å². The molecule has 0 N–H and O–H groups in total. The summed E-state index contributed by atoms with van der Waals surface area (Å²) in [4.78, 5) is 0. The Morgan fingerprint density at radius 3 is 1.47 bits per heavy atom. The lowest BCUT2D eigenvalue weighted by molar-refractivity contribution is 0.617. The first-order valence-corrected chi connectivity index (χ1v) is 12.3. The van der Waals surface area contributed by atoms with E-state index in [2.05, 4.69) is 11.8 Å². The van der Waals surface area contributed by atoms with Gasteiger partial charge in [-0.25, -0.2) is 13.2 Å². The minimum absolute atomic E-state index is 0.213. The lowest BCUT2D eigenvalue weighted by Gasteiger charge is -2.10. The molecule has 0 nitrogen and oxygen atoms in total. The third kappa shape index (κ3) is 5.26. The van der Waals surface area contributed by atoms with E-state index in [0.29, 0.717) is 16.7 Å². The summed E-state index contributed by atoms with van der Waals surface area (Å²) < 4.78 is 44.0. The Labute approximate surface area is 221 Å². The summed E-state index contributed by atoms with van der Waals surface area (Å²) in [5.74, 6) is 4.85. The summed E-state index contributed by atoms with van der Waals surface area (Å²) in [5, 5.41) is 0. The molecule has 0 saturated carbocycles. The molecule has 0 aliphatic carbocycles. The molecule has 3 heteroatoms. The summed E-state index contributed by atoms with van der Waals surface area (Å²) in [7, 11) is 0.